The van der Waals surface area contributed by atoms with E-state index in [0.29, 0.717) is 5.75 Å². The molecule has 6 heteroatoms. The minimum absolute atomic E-state index is 0.132. The molecular weight excluding hydrogens is 236 g/mol. The summed E-state index contributed by atoms with van der Waals surface area (Å²) in [6.07, 6.45) is 0.132. The molecule has 1 rings (SSSR count). The summed E-state index contributed by atoms with van der Waals surface area (Å²) in [5, 5.41) is 0. The molecule has 0 atom stereocenters. The normalized spacial score (nSPS) is 9.83. The SMILES string of the molecule is Cc1cccc(OCCC(=O)NOCC(N)=O)c1. The van der Waals surface area contributed by atoms with E-state index in [0.717, 1.165) is 5.56 Å². The number of nitrogens with one attached hydrogen (secondary N) is 1. The molecule has 1 aromatic carbocycles. The van der Waals surface area contributed by atoms with E-state index >= 15 is 0 Å². The van der Waals surface area contributed by atoms with Gasteiger partial charge in [0.05, 0.1) is 13.0 Å². The Bertz CT molecular complexity index is 420. The first kappa shape index (κ1) is 14.0. The summed E-state index contributed by atoms with van der Waals surface area (Å²) < 4.78 is 5.38. The molecule has 0 aromatic heterocycles. The molecule has 2 amide bonds. The Labute approximate surface area is 105 Å². The van der Waals surface area contributed by atoms with Gasteiger partial charge < -0.3 is 10.5 Å². The molecule has 0 aliphatic heterocycles. The predicted molar refractivity (Wildman–Crippen MR) is 64.6 cm³/mol. The second kappa shape index (κ2) is 7.29. The summed E-state index contributed by atoms with van der Waals surface area (Å²) in [5.74, 6) is -0.309. The van der Waals surface area contributed by atoms with Crippen LogP contribution in [0.4, 0.5) is 0 Å². The minimum atomic E-state index is -0.647. The summed E-state index contributed by atoms with van der Waals surface area (Å²) in [6, 6.07) is 7.52. The van der Waals surface area contributed by atoms with E-state index in [1.807, 2.05) is 31.2 Å². The van der Waals surface area contributed by atoms with E-state index in [2.05, 4.69) is 10.3 Å². The summed E-state index contributed by atoms with van der Waals surface area (Å²) in [5.41, 5.74) is 8.01. The lowest BCUT2D eigenvalue weighted by Crippen LogP contribution is -2.30. The van der Waals surface area contributed by atoms with Crippen molar-refractivity contribution in [1.82, 2.24) is 5.48 Å². The molecule has 0 radical (unpaired) electrons. The Morgan fingerprint density at radius 3 is 2.83 bits per heavy atom. The van der Waals surface area contributed by atoms with Crippen LogP contribution in [-0.2, 0) is 14.4 Å². The van der Waals surface area contributed by atoms with Crippen LogP contribution in [0.15, 0.2) is 24.3 Å². The van der Waals surface area contributed by atoms with Crippen LogP contribution >= 0.6 is 0 Å². The molecule has 1 aromatic rings. The number of ether oxygens (including phenoxy) is 1. The smallest absolute Gasteiger partial charge is 0.246 e. The highest BCUT2D eigenvalue weighted by Crippen LogP contribution is 2.12. The van der Waals surface area contributed by atoms with E-state index in [-0.39, 0.29) is 25.5 Å². The van der Waals surface area contributed by atoms with Crippen LogP contribution in [0.1, 0.15) is 12.0 Å². The van der Waals surface area contributed by atoms with E-state index < -0.39 is 5.91 Å². The molecular formula is C12H16N2O4. The molecule has 0 aliphatic rings. The van der Waals surface area contributed by atoms with Crippen molar-refractivity contribution in [1.29, 1.82) is 0 Å². The van der Waals surface area contributed by atoms with Gasteiger partial charge in [-0.05, 0) is 24.6 Å². The summed E-state index contributed by atoms with van der Waals surface area (Å²) >= 11 is 0. The Morgan fingerprint density at radius 2 is 2.17 bits per heavy atom. The van der Waals surface area contributed by atoms with Crippen LogP contribution in [0.2, 0.25) is 0 Å². The molecule has 18 heavy (non-hydrogen) atoms. The second-order valence-corrected chi connectivity index (χ2v) is 3.70. The highest BCUT2D eigenvalue weighted by molar-refractivity contribution is 5.76. The lowest BCUT2D eigenvalue weighted by Gasteiger charge is -2.07. The average Bonchev–Trinajstić information content (AvgIpc) is 2.28. The summed E-state index contributed by atoms with van der Waals surface area (Å²) in [7, 11) is 0. The molecule has 6 nitrogen and oxygen atoms in total. The quantitative estimate of drug-likeness (QED) is 0.683. The topological polar surface area (TPSA) is 90.7 Å². The first-order chi connectivity index (χ1) is 8.58. The van der Waals surface area contributed by atoms with Crippen LogP contribution < -0.4 is 16.0 Å². The number of carbonyl (C=O) groups is 2. The standard InChI is InChI=1S/C12H16N2O4/c1-9-3-2-4-10(7-9)17-6-5-12(16)14-18-8-11(13)15/h2-4,7H,5-6,8H2,1H3,(H2,13,15)(H,14,16). The number of rotatable bonds is 7. The Hall–Kier alpha value is -2.08. The van der Waals surface area contributed by atoms with Crippen LogP contribution in [-0.4, -0.2) is 25.0 Å². The van der Waals surface area contributed by atoms with Crippen molar-refractivity contribution in [3.63, 3.8) is 0 Å². The molecule has 0 saturated heterocycles. The highest BCUT2D eigenvalue weighted by Gasteiger charge is 2.03. The van der Waals surface area contributed by atoms with Crippen molar-refractivity contribution in [2.45, 2.75) is 13.3 Å². The number of aryl methyl sites for hydroxylation is 1. The number of primary amides is 1. The van der Waals surface area contributed by atoms with E-state index in [9.17, 15) is 9.59 Å². The Morgan fingerprint density at radius 1 is 1.39 bits per heavy atom. The first-order valence-corrected chi connectivity index (χ1v) is 5.46. The maximum absolute atomic E-state index is 11.2. The fraction of sp³-hybridized carbons (Fsp3) is 0.333. The zero-order valence-electron chi connectivity index (χ0n) is 10.1. The molecule has 0 heterocycles. The monoisotopic (exact) mass is 252 g/mol. The number of benzene rings is 1. The number of amides is 2. The number of hydrogen-bond donors (Lipinski definition) is 2. The van der Waals surface area contributed by atoms with Crippen molar-refractivity contribution < 1.29 is 19.2 Å². The third-order valence-corrected chi connectivity index (χ3v) is 1.99. The van der Waals surface area contributed by atoms with Crippen LogP contribution in [0.3, 0.4) is 0 Å². The molecule has 0 fully saturated rings. The molecule has 0 aliphatic carbocycles. The van der Waals surface area contributed by atoms with Crippen LogP contribution in [0, 0.1) is 6.92 Å². The summed E-state index contributed by atoms with van der Waals surface area (Å²) in [6.45, 7) is 1.84. The van der Waals surface area contributed by atoms with Gasteiger partial charge in [0.15, 0.2) is 6.61 Å². The van der Waals surface area contributed by atoms with Gasteiger partial charge in [0.25, 0.3) is 0 Å². The van der Waals surface area contributed by atoms with Crippen molar-refractivity contribution in [3.05, 3.63) is 29.8 Å². The van der Waals surface area contributed by atoms with Crippen LogP contribution in [0.5, 0.6) is 5.75 Å². The number of hydroxylamine groups is 1. The van der Waals surface area contributed by atoms with E-state index in [4.69, 9.17) is 10.5 Å². The molecule has 0 unspecified atom stereocenters. The molecule has 98 valence electrons. The van der Waals surface area contributed by atoms with Gasteiger partial charge in [-0.25, -0.2) is 5.48 Å². The number of hydrogen-bond acceptors (Lipinski definition) is 4. The van der Waals surface area contributed by atoms with Gasteiger partial charge in [-0.2, -0.15) is 0 Å². The zero-order valence-corrected chi connectivity index (χ0v) is 10.1. The van der Waals surface area contributed by atoms with Gasteiger partial charge in [0.1, 0.15) is 5.75 Å². The van der Waals surface area contributed by atoms with Gasteiger partial charge >= 0.3 is 0 Å². The molecule has 3 N–H and O–H groups in total. The maximum Gasteiger partial charge on any atom is 0.246 e. The van der Waals surface area contributed by atoms with Crippen molar-refractivity contribution >= 4 is 11.8 Å². The predicted octanol–water partition coefficient (Wildman–Crippen LogP) is 0.297. The first-order valence-electron chi connectivity index (χ1n) is 5.46. The van der Waals surface area contributed by atoms with Gasteiger partial charge in [-0.3, -0.25) is 14.4 Å². The average molecular weight is 252 g/mol. The number of nitrogens with two attached hydrogens (primary N) is 1. The van der Waals surface area contributed by atoms with Gasteiger partial charge in [-0.1, -0.05) is 12.1 Å². The molecule has 0 bridgehead atoms. The van der Waals surface area contributed by atoms with Crippen molar-refractivity contribution in [2.75, 3.05) is 13.2 Å². The fourth-order valence-electron chi connectivity index (χ4n) is 1.21. The van der Waals surface area contributed by atoms with Gasteiger partial charge in [0.2, 0.25) is 11.8 Å². The lowest BCUT2D eigenvalue weighted by atomic mass is 10.2. The maximum atomic E-state index is 11.2. The van der Waals surface area contributed by atoms with E-state index in [1.54, 1.807) is 0 Å². The van der Waals surface area contributed by atoms with Crippen molar-refractivity contribution in [2.24, 2.45) is 5.73 Å². The minimum Gasteiger partial charge on any atom is -0.493 e. The Kier molecular flexibility index (Phi) is 5.66. The van der Waals surface area contributed by atoms with Gasteiger partial charge in [-0.15, -0.1) is 0 Å². The van der Waals surface area contributed by atoms with E-state index in [1.165, 1.54) is 0 Å². The van der Waals surface area contributed by atoms with Gasteiger partial charge in [0, 0.05) is 0 Å². The second-order valence-electron chi connectivity index (χ2n) is 3.70. The highest BCUT2D eigenvalue weighted by atomic mass is 16.7. The molecule has 0 spiro atoms. The van der Waals surface area contributed by atoms with Crippen molar-refractivity contribution in [3.8, 4) is 5.75 Å². The fourth-order valence-corrected chi connectivity index (χ4v) is 1.21. The Balaban J connectivity index is 2.17. The summed E-state index contributed by atoms with van der Waals surface area (Å²) in [4.78, 5) is 26.1. The lowest BCUT2D eigenvalue weighted by molar-refractivity contribution is -0.138. The largest absolute Gasteiger partial charge is 0.493 e. The zero-order chi connectivity index (χ0) is 13.4. The number of carbonyl (C=O) groups excluding carboxylic acids is 2. The third kappa shape index (κ3) is 5.86. The molecule has 0 saturated carbocycles. The third-order valence-electron chi connectivity index (χ3n) is 1.99. The van der Waals surface area contributed by atoms with Crippen LogP contribution in [0.25, 0.3) is 0 Å².